The Morgan fingerprint density at radius 3 is 2.52 bits per heavy atom. The summed E-state index contributed by atoms with van der Waals surface area (Å²) in [5.41, 5.74) is 1.63. The predicted molar refractivity (Wildman–Crippen MR) is 124 cm³/mol. The lowest BCUT2D eigenvalue weighted by atomic mass is 10.3. The predicted octanol–water partition coefficient (Wildman–Crippen LogP) is 3.04. The molecule has 3 N–H and O–H groups in total. The van der Waals surface area contributed by atoms with Crippen molar-refractivity contribution in [3.8, 4) is 16.3 Å². The first kappa shape index (κ1) is 22.4. The standard InChI is InChI=1S/C22H18N4O5S2/c23-33(29,30)17-9-4-6-15(12-17)24-21(27)14-31-22(28)19-13-18(20-10-5-11-32-20)25-26(19)16-7-2-1-3-8-16/h1-13H,14H2,(H,24,27)(H2,23,29,30). The fourth-order valence-corrected chi connectivity index (χ4v) is 4.23. The number of hydrogen-bond acceptors (Lipinski definition) is 7. The third-order valence-corrected chi connectivity index (χ3v) is 6.28. The van der Waals surface area contributed by atoms with Gasteiger partial charge in [-0.05, 0) is 41.8 Å². The van der Waals surface area contributed by atoms with Crippen molar-refractivity contribution >= 4 is 38.9 Å². The van der Waals surface area contributed by atoms with Crippen LogP contribution in [-0.2, 0) is 19.6 Å². The van der Waals surface area contributed by atoms with Gasteiger partial charge in [0.2, 0.25) is 10.0 Å². The van der Waals surface area contributed by atoms with E-state index < -0.39 is 28.5 Å². The zero-order valence-electron chi connectivity index (χ0n) is 17.0. The molecule has 0 radical (unpaired) electrons. The molecule has 0 aliphatic rings. The van der Waals surface area contributed by atoms with Crippen LogP contribution in [0.1, 0.15) is 10.5 Å². The molecule has 0 bridgehead atoms. The van der Waals surface area contributed by atoms with E-state index in [1.807, 2.05) is 35.7 Å². The number of aromatic nitrogens is 2. The van der Waals surface area contributed by atoms with E-state index in [0.29, 0.717) is 11.4 Å². The molecule has 168 valence electrons. The number of carbonyl (C=O) groups is 2. The van der Waals surface area contributed by atoms with Crippen LogP contribution in [-0.4, -0.2) is 36.7 Å². The molecule has 0 aliphatic carbocycles. The van der Waals surface area contributed by atoms with Gasteiger partial charge in [-0.3, -0.25) is 4.79 Å². The second-order valence-corrected chi connectivity index (χ2v) is 9.35. The summed E-state index contributed by atoms with van der Waals surface area (Å²) in [5, 5.41) is 14.0. The lowest BCUT2D eigenvalue weighted by Gasteiger charge is -2.09. The SMILES string of the molecule is NS(=O)(=O)c1cccc(NC(=O)COC(=O)c2cc(-c3cccs3)nn2-c2ccccc2)c1. The lowest BCUT2D eigenvalue weighted by Crippen LogP contribution is -2.22. The Morgan fingerprint density at radius 2 is 1.82 bits per heavy atom. The number of carbonyl (C=O) groups excluding carboxylic acids is 2. The van der Waals surface area contributed by atoms with E-state index in [2.05, 4.69) is 10.4 Å². The quantitative estimate of drug-likeness (QED) is 0.389. The Bertz CT molecular complexity index is 1400. The number of nitrogens with two attached hydrogens (primary N) is 1. The molecule has 4 aromatic rings. The highest BCUT2D eigenvalue weighted by Crippen LogP contribution is 2.26. The molecule has 0 atom stereocenters. The second kappa shape index (κ2) is 9.36. The first-order valence-electron chi connectivity index (χ1n) is 9.60. The first-order chi connectivity index (χ1) is 15.8. The van der Waals surface area contributed by atoms with Gasteiger partial charge >= 0.3 is 5.97 Å². The summed E-state index contributed by atoms with van der Waals surface area (Å²) in [7, 11) is -3.92. The minimum atomic E-state index is -3.92. The van der Waals surface area contributed by atoms with Crippen molar-refractivity contribution in [1.82, 2.24) is 9.78 Å². The Hall–Kier alpha value is -3.80. The van der Waals surface area contributed by atoms with Gasteiger partial charge in [-0.25, -0.2) is 23.0 Å². The van der Waals surface area contributed by atoms with Crippen LogP contribution < -0.4 is 10.5 Å². The minimum Gasteiger partial charge on any atom is -0.451 e. The largest absolute Gasteiger partial charge is 0.451 e. The van der Waals surface area contributed by atoms with Crippen LogP contribution in [0.4, 0.5) is 5.69 Å². The maximum Gasteiger partial charge on any atom is 0.357 e. The van der Waals surface area contributed by atoms with Crippen molar-refractivity contribution in [2.75, 3.05) is 11.9 Å². The number of ether oxygens (including phenoxy) is 1. The van der Waals surface area contributed by atoms with Gasteiger partial charge in [-0.1, -0.05) is 30.3 Å². The summed E-state index contributed by atoms with van der Waals surface area (Å²) in [5.74, 6) is -1.37. The zero-order chi connectivity index (χ0) is 23.4. The van der Waals surface area contributed by atoms with E-state index >= 15 is 0 Å². The monoisotopic (exact) mass is 482 g/mol. The summed E-state index contributed by atoms with van der Waals surface area (Å²) in [6, 6.07) is 19.9. The van der Waals surface area contributed by atoms with Crippen molar-refractivity contribution in [2.45, 2.75) is 4.90 Å². The summed E-state index contributed by atoms with van der Waals surface area (Å²) in [6.07, 6.45) is 0. The number of benzene rings is 2. The Labute approximate surface area is 193 Å². The molecule has 9 nitrogen and oxygen atoms in total. The van der Waals surface area contributed by atoms with Gasteiger partial charge < -0.3 is 10.1 Å². The number of esters is 1. The topological polar surface area (TPSA) is 133 Å². The highest BCUT2D eigenvalue weighted by molar-refractivity contribution is 7.89. The van der Waals surface area contributed by atoms with E-state index in [9.17, 15) is 18.0 Å². The molecular formula is C22H18N4O5S2. The van der Waals surface area contributed by atoms with Gasteiger partial charge in [0.25, 0.3) is 5.91 Å². The summed E-state index contributed by atoms with van der Waals surface area (Å²) >= 11 is 1.48. The number of nitrogens with zero attached hydrogens (tertiary/aromatic N) is 2. The Balaban J connectivity index is 1.50. The maximum atomic E-state index is 12.8. The van der Waals surface area contributed by atoms with Gasteiger partial charge in [-0.15, -0.1) is 11.3 Å². The molecule has 0 saturated heterocycles. The number of primary sulfonamides is 1. The van der Waals surface area contributed by atoms with E-state index in [1.165, 1.54) is 40.3 Å². The van der Waals surface area contributed by atoms with Crippen molar-refractivity contribution < 1.29 is 22.7 Å². The number of rotatable bonds is 7. The number of anilines is 1. The smallest absolute Gasteiger partial charge is 0.357 e. The van der Waals surface area contributed by atoms with Crippen LogP contribution in [0.25, 0.3) is 16.3 Å². The maximum absolute atomic E-state index is 12.8. The van der Waals surface area contributed by atoms with Crippen molar-refractivity contribution in [2.24, 2.45) is 5.14 Å². The number of amides is 1. The van der Waals surface area contributed by atoms with Gasteiger partial charge in [-0.2, -0.15) is 5.10 Å². The lowest BCUT2D eigenvalue weighted by molar-refractivity contribution is -0.119. The number of nitrogens with one attached hydrogen (secondary N) is 1. The van der Waals surface area contributed by atoms with Crippen LogP contribution in [0.3, 0.4) is 0 Å². The van der Waals surface area contributed by atoms with Crippen molar-refractivity contribution in [3.05, 3.63) is 83.9 Å². The van der Waals surface area contributed by atoms with Crippen LogP contribution in [0.5, 0.6) is 0 Å². The van der Waals surface area contributed by atoms with Gasteiger partial charge in [0, 0.05) is 11.8 Å². The molecule has 0 fully saturated rings. The fourth-order valence-electron chi connectivity index (χ4n) is 2.99. The van der Waals surface area contributed by atoms with E-state index in [-0.39, 0.29) is 16.3 Å². The average Bonchev–Trinajstić information content (AvgIpc) is 3.48. The Kier molecular flexibility index (Phi) is 6.36. The average molecular weight is 483 g/mol. The van der Waals surface area contributed by atoms with E-state index in [4.69, 9.17) is 9.88 Å². The number of sulfonamides is 1. The molecule has 33 heavy (non-hydrogen) atoms. The number of thiophene rings is 1. The summed E-state index contributed by atoms with van der Waals surface area (Å²) < 4.78 is 29.6. The zero-order valence-corrected chi connectivity index (χ0v) is 18.7. The van der Waals surface area contributed by atoms with E-state index in [0.717, 1.165) is 4.88 Å². The molecule has 0 spiro atoms. The van der Waals surface area contributed by atoms with E-state index in [1.54, 1.807) is 18.2 Å². The molecule has 2 heterocycles. The molecule has 0 unspecified atom stereocenters. The molecule has 2 aromatic carbocycles. The third kappa shape index (κ3) is 5.34. The third-order valence-electron chi connectivity index (χ3n) is 4.47. The van der Waals surface area contributed by atoms with Crippen molar-refractivity contribution in [1.29, 1.82) is 0 Å². The summed E-state index contributed by atoms with van der Waals surface area (Å²) in [6.45, 7) is -0.577. The molecule has 4 rings (SSSR count). The minimum absolute atomic E-state index is 0.148. The fraction of sp³-hybridized carbons (Fsp3) is 0.0455. The van der Waals surface area contributed by atoms with Crippen LogP contribution in [0, 0.1) is 0 Å². The highest BCUT2D eigenvalue weighted by Gasteiger charge is 2.20. The molecular weight excluding hydrogens is 464 g/mol. The first-order valence-corrected chi connectivity index (χ1v) is 12.0. The van der Waals surface area contributed by atoms with Crippen LogP contribution >= 0.6 is 11.3 Å². The molecule has 11 heteroatoms. The van der Waals surface area contributed by atoms with Crippen LogP contribution in [0.15, 0.2) is 83.1 Å². The summed E-state index contributed by atoms with van der Waals surface area (Å²) in [4.78, 5) is 25.8. The van der Waals surface area contributed by atoms with Gasteiger partial charge in [0.05, 0.1) is 15.5 Å². The molecule has 1 amide bonds. The van der Waals surface area contributed by atoms with Crippen molar-refractivity contribution in [3.63, 3.8) is 0 Å². The molecule has 0 aliphatic heterocycles. The van der Waals surface area contributed by atoms with Crippen LogP contribution in [0.2, 0.25) is 0 Å². The number of para-hydroxylation sites is 1. The molecule has 0 saturated carbocycles. The normalized spacial score (nSPS) is 11.2. The highest BCUT2D eigenvalue weighted by atomic mass is 32.2. The number of hydrogen-bond donors (Lipinski definition) is 2. The second-order valence-electron chi connectivity index (χ2n) is 6.84. The van der Waals surface area contributed by atoms with Gasteiger partial charge in [0.15, 0.2) is 12.3 Å². The Morgan fingerprint density at radius 1 is 1.03 bits per heavy atom. The van der Waals surface area contributed by atoms with Gasteiger partial charge in [0.1, 0.15) is 5.69 Å². The molecule has 2 aromatic heterocycles.